The van der Waals surface area contributed by atoms with Gasteiger partial charge in [0.1, 0.15) is 12.3 Å². The lowest BCUT2D eigenvalue weighted by Gasteiger charge is -2.23. The van der Waals surface area contributed by atoms with E-state index in [9.17, 15) is 18.3 Å². The Morgan fingerprint density at radius 2 is 1.96 bits per heavy atom. The first-order chi connectivity index (χ1) is 12.3. The molecule has 0 saturated carbocycles. The molecule has 1 heterocycles. The molecular formula is C16H14ClNO7S. The van der Waals surface area contributed by atoms with Gasteiger partial charge in [0.05, 0.1) is 22.7 Å². The maximum atomic E-state index is 13.0. The van der Waals surface area contributed by atoms with Crippen molar-refractivity contribution in [1.82, 2.24) is 0 Å². The summed E-state index contributed by atoms with van der Waals surface area (Å²) in [5.74, 6) is -0.223. The minimum Gasteiger partial charge on any atom is -0.495 e. The molecule has 138 valence electrons. The first-order valence-electron chi connectivity index (χ1n) is 7.30. The second-order valence-corrected chi connectivity index (χ2v) is 7.51. The monoisotopic (exact) mass is 399 g/mol. The van der Waals surface area contributed by atoms with Gasteiger partial charge < -0.3 is 19.3 Å². The molecule has 0 spiro atoms. The molecule has 1 N–H and O–H groups in total. The van der Waals surface area contributed by atoms with Gasteiger partial charge in [0.15, 0.2) is 11.5 Å². The molecule has 2 aromatic rings. The first kappa shape index (κ1) is 18.2. The summed E-state index contributed by atoms with van der Waals surface area (Å²) >= 11 is 6.01. The number of ether oxygens (including phenoxy) is 3. The van der Waals surface area contributed by atoms with Crippen molar-refractivity contribution in [2.75, 3.05) is 24.8 Å². The molecule has 0 amide bonds. The van der Waals surface area contributed by atoms with Crippen LogP contribution in [0.15, 0.2) is 41.3 Å². The Kier molecular flexibility index (Phi) is 4.84. The van der Waals surface area contributed by atoms with E-state index in [-0.39, 0.29) is 22.4 Å². The number of carboxylic acid groups (broad SMARTS) is 1. The average Bonchev–Trinajstić information content (AvgIpc) is 3.07. The van der Waals surface area contributed by atoms with E-state index in [1.807, 2.05) is 0 Å². The van der Waals surface area contributed by atoms with Crippen LogP contribution in [0, 0.1) is 0 Å². The highest BCUT2D eigenvalue weighted by Crippen LogP contribution is 2.37. The van der Waals surface area contributed by atoms with Gasteiger partial charge in [-0.05, 0) is 30.3 Å². The van der Waals surface area contributed by atoms with Crippen LogP contribution in [0.5, 0.6) is 17.2 Å². The van der Waals surface area contributed by atoms with Gasteiger partial charge in [-0.1, -0.05) is 11.6 Å². The summed E-state index contributed by atoms with van der Waals surface area (Å²) in [6.45, 7) is -0.760. The summed E-state index contributed by atoms with van der Waals surface area (Å²) in [6, 6.07) is 8.27. The zero-order chi connectivity index (χ0) is 18.9. The van der Waals surface area contributed by atoms with Crippen molar-refractivity contribution in [1.29, 1.82) is 0 Å². The van der Waals surface area contributed by atoms with Crippen LogP contribution in [0.3, 0.4) is 0 Å². The number of anilines is 1. The van der Waals surface area contributed by atoms with E-state index in [1.54, 1.807) is 0 Å². The summed E-state index contributed by atoms with van der Waals surface area (Å²) in [4.78, 5) is 11.1. The fourth-order valence-corrected chi connectivity index (χ4v) is 4.17. The highest BCUT2D eigenvalue weighted by Gasteiger charge is 2.29. The molecule has 0 unspecified atom stereocenters. The quantitative estimate of drug-likeness (QED) is 0.795. The number of nitrogens with zero attached hydrogens (tertiary/aromatic N) is 1. The highest BCUT2D eigenvalue weighted by atomic mass is 35.5. The minimum atomic E-state index is -4.20. The van der Waals surface area contributed by atoms with Gasteiger partial charge in [0.25, 0.3) is 10.0 Å². The van der Waals surface area contributed by atoms with E-state index in [2.05, 4.69) is 0 Å². The number of aliphatic carboxylic acids is 1. The number of hydrogen-bond donors (Lipinski definition) is 1. The number of rotatable bonds is 6. The normalized spacial score (nSPS) is 12.7. The summed E-state index contributed by atoms with van der Waals surface area (Å²) in [5.41, 5.74) is 0.128. The third kappa shape index (κ3) is 3.35. The number of methoxy groups -OCH3 is 1. The van der Waals surface area contributed by atoms with Gasteiger partial charge in [-0.2, -0.15) is 0 Å². The minimum absolute atomic E-state index is 0.0125. The molecule has 0 radical (unpaired) electrons. The molecule has 0 aliphatic carbocycles. The number of hydrogen-bond acceptors (Lipinski definition) is 6. The van der Waals surface area contributed by atoms with Crippen molar-refractivity contribution in [3.05, 3.63) is 41.4 Å². The lowest BCUT2D eigenvalue weighted by Crippen LogP contribution is -2.35. The topological polar surface area (TPSA) is 102 Å². The van der Waals surface area contributed by atoms with E-state index < -0.39 is 22.5 Å². The molecule has 8 nitrogen and oxygen atoms in total. The number of benzene rings is 2. The second kappa shape index (κ2) is 6.93. The van der Waals surface area contributed by atoms with E-state index in [4.69, 9.17) is 25.8 Å². The van der Waals surface area contributed by atoms with Gasteiger partial charge in [-0.25, -0.2) is 8.42 Å². The summed E-state index contributed by atoms with van der Waals surface area (Å²) < 4.78 is 42.2. The summed E-state index contributed by atoms with van der Waals surface area (Å²) in [5, 5.41) is 9.27. The van der Waals surface area contributed by atoms with Crippen LogP contribution in [-0.4, -0.2) is 39.9 Å². The number of fused-ring (bicyclic) bond motifs is 1. The summed E-state index contributed by atoms with van der Waals surface area (Å²) in [6.07, 6.45) is 0. The zero-order valence-electron chi connectivity index (χ0n) is 13.5. The Labute approximate surface area is 154 Å². The third-order valence-corrected chi connectivity index (χ3v) is 5.70. The molecule has 0 bridgehead atoms. The van der Waals surface area contributed by atoms with Crippen LogP contribution in [0.1, 0.15) is 0 Å². The van der Waals surface area contributed by atoms with Crippen LogP contribution in [0.2, 0.25) is 5.02 Å². The summed E-state index contributed by atoms with van der Waals surface area (Å²) in [7, 11) is -2.80. The molecule has 1 aliphatic rings. The van der Waals surface area contributed by atoms with E-state index in [0.717, 1.165) is 4.31 Å². The number of carbonyl (C=O) groups is 1. The molecule has 2 aromatic carbocycles. The largest absolute Gasteiger partial charge is 0.495 e. The number of sulfonamides is 1. The molecular weight excluding hydrogens is 386 g/mol. The molecule has 0 aromatic heterocycles. The third-order valence-electron chi connectivity index (χ3n) is 3.63. The van der Waals surface area contributed by atoms with Gasteiger partial charge in [-0.15, -0.1) is 0 Å². The lowest BCUT2D eigenvalue weighted by atomic mass is 10.3. The fraction of sp³-hybridized carbons (Fsp3) is 0.188. The molecule has 3 rings (SSSR count). The Hall–Kier alpha value is -2.65. The number of halogens is 1. The predicted octanol–water partition coefficient (Wildman–Crippen LogP) is 2.36. The molecule has 1 aliphatic heterocycles. The Bertz CT molecular complexity index is 961. The maximum Gasteiger partial charge on any atom is 0.324 e. The van der Waals surface area contributed by atoms with Gasteiger partial charge in [0, 0.05) is 6.07 Å². The van der Waals surface area contributed by atoms with Crippen LogP contribution in [0.25, 0.3) is 0 Å². The van der Waals surface area contributed by atoms with Crippen LogP contribution >= 0.6 is 11.6 Å². The van der Waals surface area contributed by atoms with Gasteiger partial charge in [0.2, 0.25) is 6.79 Å². The zero-order valence-corrected chi connectivity index (χ0v) is 15.1. The highest BCUT2D eigenvalue weighted by molar-refractivity contribution is 7.92. The average molecular weight is 400 g/mol. The SMILES string of the molecule is COc1ccc(S(=O)(=O)N(CC(=O)O)c2ccc3c(c2)OCO3)cc1Cl. The lowest BCUT2D eigenvalue weighted by molar-refractivity contribution is -0.135. The molecule has 0 fully saturated rings. The maximum absolute atomic E-state index is 13.0. The van der Waals surface area contributed by atoms with Crippen molar-refractivity contribution >= 4 is 33.3 Å². The van der Waals surface area contributed by atoms with Gasteiger partial charge >= 0.3 is 5.97 Å². The van der Waals surface area contributed by atoms with Crippen LogP contribution < -0.4 is 18.5 Å². The van der Waals surface area contributed by atoms with Crippen molar-refractivity contribution in [2.45, 2.75) is 4.90 Å². The van der Waals surface area contributed by atoms with Crippen molar-refractivity contribution in [3.8, 4) is 17.2 Å². The first-order valence-corrected chi connectivity index (χ1v) is 9.12. The standard InChI is InChI=1S/C16H14ClNO7S/c1-23-13-5-3-11(7-12(13)17)26(21,22)18(8-16(19)20)10-2-4-14-15(6-10)25-9-24-14/h2-7H,8-9H2,1H3,(H,19,20). The molecule has 0 atom stereocenters. The number of carboxylic acids is 1. The predicted molar refractivity (Wildman–Crippen MR) is 92.7 cm³/mol. The van der Waals surface area contributed by atoms with Crippen LogP contribution in [-0.2, 0) is 14.8 Å². The van der Waals surface area contributed by atoms with E-state index in [0.29, 0.717) is 17.2 Å². The smallest absolute Gasteiger partial charge is 0.324 e. The Morgan fingerprint density at radius 1 is 1.23 bits per heavy atom. The molecule has 26 heavy (non-hydrogen) atoms. The molecule has 10 heteroatoms. The van der Waals surface area contributed by atoms with Gasteiger partial charge in [-0.3, -0.25) is 9.10 Å². The van der Waals surface area contributed by atoms with Crippen molar-refractivity contribution in [3.63, 3.8) is 0 Å². The fourth-order valence-electron chi connectivity index (χ4n) is 2.41. The second-order valence-electron chi connectivity index (χ2n) is 5.24. The van der Waals surface area contributed by atoms with E-state index in [1.165, 1.54) is 43.5 Å². The van der Waals surface area contributed by atoms with Crippen LogP contribution in [0.4, 0.5) is 5.69 Å². The van der Waals surface area contributed by atoms with Crippen molar-refractivity contribution in [2.24, 2.45) is 0 Å². The van der Waals surface area contributed by atoms with E-state index >= 15 is 0 Å². The molecule has 0 saturated heterocycles. The Balaban J connectivity index is 2.06. The van der Waals surface area contributed by atoms with Crippen molar-refractivity contribution < 1.29 is 32.5 Å². The Morgan fingerprint density at radius 3 is 2.62 bits per heavy atom.